The number of carbonyl (C=O) groups excluding carboxylic acids is 1. The smallest absolute Gasteiger partial charge is 0.323 e. The Bertz CT molecular complexity index is 286. The van der Waals surface area contributed by atoms with E-state index >= 15 is 0 Å². The summed E-state index contributed by atoms with van der Waals surface area (Å²) >= 11 is 0. The van der Waals surface area contributed by atoms with Crippen LogP contribution in [-0.4, -0.2) is 41.5 Å². The molecule has 0 saturated heterocycles. The van der Waals surface area contributed by atoms with Gasteiger partial charge in [-0.2, -0.15) is 0 Å². The second-order valence-corrected chi connectivity index (χ2v) is 5.11. The van der Waals surface area contributed by atoms with Gasteiger partial charge in [0.05, 0.1) is 0 Å². The Kier molecular flexibility index (Phi) is 6.12. The maximum Gasteiger partial charge on any atom is 0.323 e. The van der Waals surface area contributed by atoms with E-state index in [1.807, 2.05) is 6.92 Å². The zero-order valence-electron chi connectivity index (χ0n) is 11.1. The normalized spacial score (nSPS) is 23.7. The molecule has 0 unspecified atom stereocenters. The highest BCUT2D eigenvalue weighted by Crippen LogP contribution is 2.29. The van der Waals surface area contributed by atoms with Crippen LogP contribution < -0.4 is 5.73 Å². The first-order valence-corrected chi connectivity index (χ1v) is 6.79. The van der Waals surface area contributed by atoms with Crippen LogP contribution in [0.15, 0.2) is 0 Å². The minimum atomic E-state index is -0.938. The van der Waals surface area contributed by atoms with Crippen LogP contribution in [0.1, 0.15) is 39.0 Å². The average Bonchev–Trinajstić information content (AvgIpc) is 2.37. The third-order valence-corrected chi connectivity index (χ3v) is 3.66. The molecule has 3 N–H and O–H groups in total. The van der Waals surface area contributed by atoms with Gasteiger partial charge in [-0.1, -0.05) is 6.92 Å². The highest BCUT2D eigenvalue weighted by molar-refractivity contribution is 5.83. The van der Waals surface area contributed by atoms with Gasteiger partial charge in [-0.05, 0) is 44.6 Å². The summed E-state index contributed by atoms with van der Waals surface area (Å²) in [6.07, 6.45) is 4.46. The fraction of sp³-hybridized carbons (Fsp3) is 0.846. The molecule has 0 aromatic heterocycles. The van der Waals surface area contributed by atoms with Crippen molar-refractivity contribution >= 4 is 11.9 Å². The van der Waals surface area contributed by atoms with Crippen molar-refractivity contribution in [3.8, 4) is 0 Å². The molecule has 1 aliphatic rings. The number of carboxylic acid groups (broad SMARTS) is 1. The van der Waals surface area contributed by atoms with Crippen molar-refractivity contribution < 1.29 is 14.7 Å². The zero-order valence-corrected chi connectivity index (χ0v) is 11.1. The van der Waals surface area contributed by atoms with Crippen LogP contribution in [0.4, 0.5) is 0 Å². The molecular weight excluding hydrogens is 232 g/mol. The van der Waals surface area contributed by atoms with Gasteiger partial charge >= 0.3 is 5.97 Å². The molecule has 0 aliphatic heterocycles. The summed E-state index contributed by atoms with van der Waals surface area (Å²) in [6, 6.07) is 0. The van der Waals surface area contributed by atoms with E-state index in [2.05, 4.69) is 0 Å². The minimum absolute atomic E-state index is 0.00120. The number of hydrogen-bond acceptors (Lipinski definition) is 3. The van der Waals surface area contributed by atoms with E-state index < -0.39 is 5.97 Å². The van der Waals surface area contributed by atoms with Gasteiger partial charge < -0.3 is 15.7 Å². The molecule has 1 saturated carbocycles. The van der Waals surface area contributed by atoms with Crippen LogP contribution in [-0.2, 0) is 9.59 Å². The fourth-order valence-corrected chi connectivity index (χ4v) is 2.60. The Morgan fingerprint density at radius 3 is 2.33 bits per heavy atom. The Labute approximate surface area is 108 Å². The number of carboxylic acids is 1. The molecule has 0 atom stereocenters. The number of rotatable bonds is 6. The van der Waals surface area contributed by atoms with E-state index in [1.54, 1.807) is 0 Å². The van der Waals surface area contributed by atoms with Crippen molar-refractivity contribution in [2.75, 3.05) is 19.6 Å². The summed E-state index contributed by atoms with van der Waals surface area (Å²) in [4.78, 5) is 24.5. The first-order chi connectivity index (χ1) is 8.58. The molecule has 18 heavy (non-hydrogen) atoms. The quantitative estimate of drug-likeness (QED) is 0.744. The van der Waals surface area contributed by atoms with Gasteiger partial charge in [0.1, 0.15) is 6.54 Å². The van der Waals surface area contributed by atoms with Gasteiger partial charge in [-0.25, -0.2) is 0 Å². The van der Waals surface area contributed by atoms with E-state index in [0.717, 1.165) is 32.1 Å². The van der Waals surface area contributed by atoms with Crippen molar-refractivity contribution in [1.29, 1.82) is 0 Å². The van der Waals surface area contributed by atoms with E-state index in [0.29, 0.717) is 19.0 Å². The standard InChI is InChI=1S/C13H24N2O3/c1-2-7-15(9-12(16)17)13(18)11-5-3-10(8-14)4-6-11/h10-11H,2-9,14H2,1H3,(H,16,17). The highest BCUT2D eigenvalue weighted by atomic mass is 16.4. The van der Waals surface area contributed by atoms with Crippen LogP contribution in [0.25, 0.3) is 0 Å². The second-order valence-electron chi connectivity index (χ2n) is 5.11. The fourth-order valence-electron chi connectivity index (χ4n) is 2.60. The number of amides is 1. The zero-order chi connectivity index (χ0) is 13.5. The topological polar surface area (TPSA) is 83.6 Å². The molecule has 1 rings (SSSR count). The van der Waals surface area contributed by atoms with Crippen molar-refractivity contribution in [1.82, 2.24) is 4.90 Å². The SMILES string of the molecule is CCCN(CC(=O)O)C(=O)C1CCC(CN)CC1. The molecule has 0 spiro atoms. The molecule has 0 radical (unpaired) electrons. The molecule has 0 bridgehead atoms. The molecule has 1 amide bonds. The predicted molar refractivity (Wildman–Crippen MR) is 69.0 cm³/mol. The summed E-state index contributed by atoms with van der Waals surface area (Å²) in [5, 5.41) is 8.83. The summed E-state index contributed by atoms with van der Waals surface area (Å²) in [6.45, 7) is 2.99. The molecule has 1 fully saturated rings. The van der Waals surface area contributed by atoms with E-state index in [1.165, 1.54) is 4.90 Å². The lowest BCUT2D eigenvalue weighted by Gasteiger charge is -2.31. The van der Waals surface area contributed by atoms with E-state index in [4.69, 9.17) is 10.8 Å². The molecular formula is C13H24N2O3. The maximum atomic E-state index is 12.3. The molecule has 104 valence electrons. The first kappa shape index (κ1) is 15.0. The largest absolute Gasteiger partial charge is 0.480 e. The van der Waals surface area contributed by atoms with Gasteiger partial charge in [-0.15, -0.1) is 0 Å². The molecule has 5 heteroatoms. The Hall–Kier alpha value is -1.10. The van der Waals surface area contributed by atoms with Gasteiger partial charge in [0.15, 0.2) is 0 Å². The predicted octanol–water partition coefficient (Wildman–Crippen LogP) is 1.07. The molecule has 1 aliphatic carbocycles. The third kappa shape index (κ3) is 4.29. The highest BCUT2D eigenvalue weighted by Gasteiger charge is 2.29. The Morgan fingerprint density at radius 1 is 1.28 bits per heavy atom. The van der Waals surface area contributed by atoms with E-state index in [9.17, 15) is 9.59 Å². The molecule has 5 nitrogen and oxygen atoms in total. The van der Waals surface area contributed by atoms with Gasteiger partial charge in [0.2, 0.25) is 5.91 Å². The van der Waals surface area contributed by atoms with Crippen molar-refractivity contribution in [2.45, 2.75) is 39.0 Å². The second kappa shape index (κ2) is 7.36. The number of nitrogens with zero attached hydrogens (tertiary/aromatic N) is 1. The maximum absolute atomic E-state index is 12.3. The molecule has 0 heterocycles. The minimum Gasteiger partial charge on any atom is -0.480 e. The van der Waals surface area contributed by atoms with E-state index in [-0.39, 0.29) is 18.4 Å². The number of hydrogen-bond donors (Lipinski definition) is 2. The van der Waals surface area contributed by atoms with Crippen molar-refractivity contribution in [3.05, 3.63) is 0 Å². The summed E-state index contributed by atoms with van der Waals surface area (Å²) in [7, 11) is 0. The summed E-state index contributed by atoms with van der Waals surface area (Å²) < 4.78 is 0. The Balaban J connectivity index is 2.52. The van der Waals surface area contributed by atoms with Crippen molar-refractivity contribution in [3.63, 3.8) is 0 Å². The number of aliphatic carboxylic acids is 1. The lowest BCUT2D eigenvalue weighted by Crippen LogP contribution is -2.41. The number of carbonyl (C=O) groups is 2. The number of nitrogens with two attached hydrogens (primary N) is 1. The monoisotopic (exact) mass is 256 g/mol. The van der Waals surface area contributed by atoms with Crippen LogP contribution in [0.5, 0.6) is 0 Å². The van der Waals surface area contributed by atoms with Gasteiger partial charge in [-0.3, -0.25) is 9.59 Å². The van der Waals surface area contributed by atoms with Crippen LogP contribution in [0.2, 0.25) is 0 Å². The van der Waals surface area contributed by atoms with Crippen LogP contribution in [0, 0.1) is 11.8 Å². The molecule has 0 aromatic carbocycles. The van der Waals surface area contributed by atoms with Crippen LogP contribution >= 0.6 is 0 Å². The molecule has 0 aromatic rings. The Morgan fingerprint density at radius 2 is 1.89 bits per heavy atom. The lowest BCUT2D eigenvalue weighted by atomic mass is 9.81. The summed E-state index contributed by atoms with van der Waals surface area (Å²) in [5.74, 6) is -0.394. The first-order valence-electron chi connectivity index (χ1n) is 6.79. The third-order valence-electron chi connectivity index (χ3n) is 3.66. The van der Waals surface area contributed by atoms with Gasteiger partial charge in [0.25, 0.3) is 0 Å². The summed E-state index contributed by atoms with van der Waals surface area (Å²) in [5.41, 5.74) is 5.63. The average molecular weight is 256 g/mol. The van der Waals surface area contributed by atoms with Gasteiger partial charge in [0, 0.05) is 12.5 Å². The lowest BCUT2D eigenvalue weighted by molar-refractivity contribution is -0.147. The van der Waals surface area contributed by atoms with Crippen molar-refractivity contribution in [2.24, 2.45) is 17.6 Å². The van der Waals surface area contributed by atoms with Crippen LogP contribution in [0.3, 0.4) is 0 Å².